The normalized spacial score (nSPS) is 10.7. The molecule has 0 spiro atoms. The van der Waals surface area contributed by atoms with Crippen LogP contribution in [-0.2, 0) is 13.1 Å². The molecule has 15 heavy (non-hydrogen) atoms. The maximum Gasteiger partial charge on any atom is 0.117 e. The number of aromatic nitrogens is 3. The number of hydrogen-bond acceptors (Lipinski definition) is 4. The van der Waals surface area contributed by atoms with Gasteiger partial charge in [-0.25, -0.2) is 0 Å². The van der Waals surface area contributed by atoms with E-state index in [1.165, 1.54) is 0 Å². The van der Waals surface area contributed by atoms with Crippen LogP contribution in [0.4, 0.5) is 0 Å². The Balaban J connectivity index is 1.67. The summed E-state index contributed by atoms with van der Waals surface area (Å²) >= 11 is 0. The minimum atomic E-state index is 0.753. The third-order valence-electron chi connectivity index (χ3n) is 2.08. The second-order valence-electron chi connectivity index (χ2n) is 3.36. The molecule has 5 nitrogen and oxygen atoms in total. The minimum Gasteiger partial charge on any atom is -0.465 e. The second kappa shape index (κ2) is 4.75. The molecule has 0 saturated heterocycles. The molecule has 0 unspecified atom stereocenters. The fourth-order valence-corrected chi connectivity index (χ4v) is 1.34. The van der Waals surface area contributed by atoms with E-state index < -0.39 is 0 Å². The molecule has 80 valence electrons. The maximum absolute atomic E-state index is 5.42. The highest BCUT2D eigenvalue weighted by atomic mass is 16.3. The molecule has 5 heteroatoms. The summed E-state index contributed by atoms with van der Waals surface area (Å²) in [5.74, 6) is 1.91. The summed E-state index contributed by atoms with van der Waals surface area (Å²) < 4.78 is 7.22. The lowest BCUT2D eigenvalue weighted by atomic mass is 10.4. The van der Waals surface area contributed by atoms with Crippen LogP contribution in [-0.4, -0.2) is 21.5 Å². The average Bonchev–Trinajstić information content (AvgIpc) is 2.84. The quantitative estimate of drug-likeness (QED) is 0.740. The van der Waals surface area contributed by atoms with Crippen LogP contribution in [0.2, 0.25) is 0 Å². The average molecular weight is 206 g/mol. The summed E-state index contributed by atoms with van der Waals surface area (Å²) in [7, 11) is 0. The zero-order valence-electron chi connectivity index (χ0n) is 8.68. The predicted octanol–water partition coefficient (Wildman–Crippen LogP) is 0.969. The molecule has 0 aliphatic rings. The van der Waals surface area contributed by atoms with E-state index in [9.17, 15) is 0 Å². The molecule has 0 bridgehead atoms. The van der Waals surface area contributed by atoms with Crippen LogP contribution in [0.15, 0.2) is 28.9 Å². The number of aryl methyl sites for hydroxylation is 1. The first-order valence-corrected chi connectivity index (χ1v) is 4.95. The van der Waals surface area contributed by atoms with Gasteiger partial charge in [-0.3, -0.25) is 4.68 Å². The van der Waals surface area contributed by atoms with Gasteiger partial charge in [-0.05, 0) is 19.1 Å². The number of hydrogen-bond donors (Lipinski definition) is 1. The lowest BCUT2D eigenvalue weighted by Gasteiger charge is -2.02. The molecule has 0 atom stereocenters. The third kappa shape index (κ3) is 2.92. The Labute approximate surface area is 88.1 Å². The summed E-state index contributed by atoms with van der Waals surface area (Å²) in [6.07, 6.45) is 3.52. The zero-order chi connectivity index (χ0) is 10.5. The lowest BCUT2D eigenvalue weighted by Crippen LogP contribution is -2.19. The lowest BCUT2D eigenvalue weighted by molar-refractivity contribution is 0.451. The topological polar surface area (TPSA) is 55.9 Å². The van der Waals surface area contributed by atoms with Gasteiger partial charge in [0.05, 0.1) is 19.3 Å². The molecule has 0 saturated carbocycles. The van der Waals surface area contributed by atoms with Gasteiger partial charge < -0.3 is 9.73 Å². The van der Waals surface area contributed by atoms with Crippen LogP contribution in [0.25, 0.3) is 0 Å². The molecule has 0 aromatic carbocycles. The largest absolute Gasteiger partial charge is 0.465 e. The van der Waals surface area contributed by atoms with Gasteiger partial charge in [-0.1, -0.05) is 5.21 Å². The Hall–Kier alpha value is -1.62. The van der Waals surface area contributed by atoms with E-state index in [1.807, 2.05) is 25.3 Å². The standard InChI is InChI=1S/C10H14N4O/c1-9-2-3-10(15-9)8-11-4-6-14-7-5-12-13-14/h2-3,5,7,11H,4,6,8H2,1H3. The van der Waals surface area contributed by atoms with Crippen molar-refractivity contribution in [2.45, 2.75) is 20.0 Å². The number of furan rings is 1. The Kier molecular flexibility index (Phi) is 3.14. The zero-order valence-corrected chi connectivity index (χ0v) is 8.68. The highest BCUT2D eigenvalue weighted by Gasteiger charge is 1.97. The molecule has 2 aromatic rings. The van der Waals surface area contributed by atoms with E-state index >= 15 is 0 Å². The number of nitrogens with one attached hydrogen (secondary N) is 1. The molecule has 0 aliphatic carbocycles. The molecule has 0 amide bonds. The van der Waals surface area contributed by atoms with Crippen LogP contribution in [0.1, 0.15) is 11.5 Å². The van der Waals surface area contributed by atoms with E-state index in [1.54, 1.807) is 10.9 Å². The summed E-state index contributed by atoms with van der Waals surface area (Å²) in [6.45, 7) is 4.37. The fourth-order valence-electron chi connectivity index (χ4n) is 1.34. The summed E-state index contributed by atoms with van der Waals surface area (Å²) in [5, 5.41) is 10.9. The van der Waals surface area contributed by atoms with Crippen LogP contribution in [0.5, 0.6) is 0 Å². The first-order chi connectivity index (χ1) is 7.34. The Morgan fingerprint density at radius 1 is 1.47 bits per heavy atom. The minimum absolute atomic E-state index is 0.753. The van der Waals surface area contributed by atoms with Gasteiger partial charge in [0.25, 0.3) is 0 Å². The fraction of sp³-hybridized carbons (Fsp3) is 0.400. The SMILES string of the molecule is Cc1ccc(CNCCn2ccnn2)o1. The highest BCUT2D eigenvalue weighted by Crippen LogP contribution is 2.04. The van der Waals surface area contributed by atoms with Crippen molar-refractivity contribution in [2.24, 2.45) is 0 Å². The summed E-state index contributed by atoms with van der Waals surface area (Å²) in [5.41, 5.74) is 0. The van der Waals surface area contributed by atoms with Crippen LogP contribution in [0.3, 0.4) is 0 Å². The first-order valence-electron chi connectivity index (χ1n) is 4.95. The van der Waals surface area contributed by atoms with Gasteiger partial charge in [-0.15, -0.1) is 5.10 Å². The van der Waals surface area contributed by atoms with Gasteiger partial charge in [0, 0.05) is 12.7 Å². The van der Waals surface area contributed by atoms with Gasteiger partial charge >= 0.3 is 0 Å². The van der Waals surface area contributed by atoms with Gasteiger partial charge in [0.1, 0.15) is 11.5 Å². The first kappa shape index (κ1) is 9.92. The van der Waals surface area contributed by atoms with E-state index in [-0.39, 0.29) is 0 Å². The van der Waals surface area contributed by atoms with Crippen molar-refractivity contribution in [2.75, 3.05) is 6.54 Å². The molecule has 2 heterocycles. The molecule has 2 aromatic heterocycles. The molecular weight excluding hydrogens is 192 g/mol. The van der Waals surface area contributed by atoms with E-state index in [0.717, 1.165) is 31.2 Å². The summed E-state index contributed by atoms with van der Waals surface area (Å²) in [4.78, 5) is 0. The van der Waals surface area contributed by atoms with E-state index in [0.29, 0.717) is 0 Å². The van der Waals surface area contributed by atoms with Crippen molar-refractivity contribution < 1.29 is 4.42 Å². The van der Waals surface area contributed by atoms with Gasteiger partial charge in [0.2, 0.25) is 0 Å². The van der Waals surface area contributed by atoms with Crippen molar-refractivity contribution in [1.29, 1.82) is 0 Å². The van der Waals surface area contributed by atoms with Crippen LogP contribution >= 0.6 is 0 Å². The molecule has 2 rings (SSSR count). The van der Waals surface area contributed by atoms with Crippen molar-refractivity contribution in [3.63, 3.8) is 0 Å². The smallest absolute Gasteiger partial charge is 0.117 e. The molecule has 0 radical (unpaired) electrons. The molecule has 0 fully saturated rings. The van der Waals surface area contributed by atoms with E-state index in [2.05, 4.69) is 15.6 Å². The molecule has 1 N–H and O–H groups in total. The predicted molar refractivity (Wildman–Crippen MR) is 55.2 cm³/mol. The van der Waals surface area contributed by atoms with Crippen LogP contribution < -0.4 is 5.32 Å². The Morgan fingerprint density at radius 2 is 2.40 bits per heavy atom. The van der Waals surface area contributed by atoms with Gasteiger partial charge in [-0.2, -0.15) is 0 Å². The van der Waals surface area contributed by atoms with Crippen molar-refractivity contribution in [3.05, 3.63) is 36.0 Å². The second-order valence-corrected chi connectivity index (χ2v) is 3.36. The number of rotatable bonds is 5. The maximum atomic E-state index is 5.42. The van der Waals surface area contributed by atoms with Crippen molar-refractivity contribution >= 4 is 0 Å². The Bertz CT molecular complexity index is 393. The van der Waals surface area contributed by atoms with Crippen molar-refractivity contribution in [3.8, 4) is 0 Å². The highest BCUT2D eigenvalue weighted by molar-refractivity contribution is 5.04. The summed E-state index contributed by atoms with van der Waals surface area (Å²) in [6, 6.07) is 3.95. The Morgan fingerprint density at radius 3 is 3.07 bits per heavy atom. The number of nitrogens with zero attached hydrogens (tertiary/aromatic N) is 3. The third-order valence-corrected chi connectivity index (χ3v) is 2.08. The van der Waals surface area contributed by atoms with E-state index in [4.69, 9.17) is 4.42 Å². The monoisotopic (exact) mass is 206 g/mol. The van der Waals surface area contributed by atoms with Crippen LogP contribution in [0, 0.1) is 6.92 Å². The molecular formula is C10H14N4O. The van der Waals surface area contributed by atoms with Gasteiger partial charge in [0.15, 0.2) is 0 Å². The molecule has 0 aliphatic heterocycles. The van der Waals surface area contributed by atoms with Crippen molar-refractivity contribution in [1.82, 2.24) is 20.3 Å².